The fraction of sp³-hybridized carbons (Fsp3) is 0.438. The Bertz CT molecular complexity index is 1030. The Morgan fingerprint density at radius 2 is 1.54 bits per heavy atom. The SMILES string of the molecule is CCN(CC)CCN(C)CCC1CCc2cc(OCc3ccc(-c4ccccc4)cc3)ccc2C1. The molecule has 4 rings (SSSR count). The molecule has 3 nitrogen and oxygen atoms in total. The van der Waals surface area contributed by atoms with Crippen LogP contribution >= 0.6 is 0 Å². The first-order valence-electron chi connectivity index (χ1n) is 13.4. The Labute approximate surface area is 212 Å². The van der Waals surface area contributed by atoms with Gasteiger partial charge in [0, 0.05) is 13.1 Å². The maximum absolute atomic E-state index is 6.16. The van der Waals surface area contributed by atoms with E-state index in [1.54, 1.807) is 0 Å². The summed E-state index contributed by atoms with van der Waals surface area (Å²) >= 11 is 0. The molecule has 0 saturated carbocycles. The summed E-state index contributed by atoms with van der Waals surface area (Å²) in [6.07, 6.45) is 4.97. The van der Waals surface area contributed by atoms with E-state index in [0.29, 0.717) is 6.61 Å². The van der Waals surface area contributed by atoms with E-state index in [4.69, 9.17) is 4.74 Å². The monoisotopic (exact) mass is 470 g/mol. The van der Waals surface area contributed by atoms with Gasteiger partial charge in [-0.15, -0.1) is 0 Å². The van der Waals surface area contributed by atoms with Gasteiger partial charge < -0.3 is 14.5 Å². The molecule has 1 aliphatic carbocycles. The number of aryl methyl sites for hydroxylation is 1. The Morgan fingerprint density at radius 3 is 2.29 bits per heavy atom. The predicted molar refractivity (Wildman–Crippen MR) is 148 cm³/mol. The molecule has 0 fully saturated rings. The normalized spacial score (nSPS) is 15.4. The van der Waals surface area contributed by atoms with Crippen LogP contribution in [0.15, 0.2) is 72.8 Å². The average molecular weight is 471 g/mol. The van der Waals surface area contributed by atoms with E-state index in [-0.39, 0.29) is 0 Å². The molecule has 3 aromatic rings. The van der Waals surface area contributed by atoms with Gasteiger partial charge in [-0.25, -0.2) is 0 Å². The standard InChI is InChI=1S/C32H42N2O/c1-4-34(5-2)22-21-33(3)20-19-26-11-16-31-24-32(18-17-30(31)23-26)35-25-27-12-14-29(15-13-27)28-9-7-6-8-10-28/h6-10,12-15,17-18,24,26H,4-5,11,16,19-23,25H2,1-3H3. The number of nitrogens with zero attached hydrogens (tertiary/aromatic N) is 2. The lowest BCUT2D eigenvalue weighted by atomic mass is 9.82. The molecule has 0 spiro atoms. The number of likely N-dealkylation sites (N-methyl/N-ethyl adjacent to an activating group) is 2. The van der Waals surface area contributed by atoms with E-state index < -0.39 is 0 Å². The third-order valence-corrected chi connectivity index (χ3v) is 7.59. The number of fused-ring (bicyclic) bond motifs is 1. The molecule has 35 heavy (non-hydrogen) atoms. The minimum atomic E-state index is 0.607. The summed E-state index contributed by atoms with van der Waals surface area (Å²) in [5.74, 6) is 1.79. The molecule has 0 bridgehead atoms. The second-order valence-corrected chi connectivity index (χ2v) is 10.0. The van der Waals surface area contributed by atoms with Gasteiger partial charge in [0.25, 0.3) is 0 Å². The molecule has 3 aromatic carbocycles. The van der Waals surface area contributed by atoms with Crippen molar-refractivity contribution in [2.24, 2.45) is 5.92 Å². The summed E-state index contributed by atoms with van der Waals surface area (Å²) in [7, 11) is 2.28. The lowest BCUT2D eigenvalue weighted by Crippen LogP contribution is -2.34. The Morgan fingerprint density at radius 1 is 0.800 bits per heavy atom. The average Bonchev–Trinajstić information content (AvgIpc) is 2.92. The van der Waals surface area contributed by atoms with Crippen LogP contribution in [0.2, 0.25) is 0 Å². The van der Waals surface area contributed by atoms with E-state index in [9.17, 15) is 0 Å². The molecule has 186 valence electrons. The molecule has 3 heteroatoms. The zero-order valence-corrected chi connectivity index (χ0v) is 21.9. The van der Waals surface area contributed by atoms with Crippen LogP contribution in [0.3, 0.4) is 0 Å². The number of ether oxygens (including phenoxy) is 1. The highest BCUT2D eigenvalue weighted by molar-refractivity contribution is 5.63. The summed E-state index contributed by atoms with van der Waals surface area (Å²) in [4.78, 5) is 5.02. The molecule has 0 amide bonds. The van der Waals surface area contributed by atoms with Crippen LogP contribution in [-0.2, 0) is 19.4 Å². The lowest BCUT2D eigenvalue weighted by molar-refractivity contribution is 0.228. The Balaban J connectivity index is 1.23. The van der Waals surface area contributed by atoms with E-state index in [1.807, 2.05) is 0 Å². The van der Waals surface area contributed by atoms with Gasteiger partial charge in [-0.1, -0.05) is 74.5 Å². The predicted octanol–water partition coefficient (Wildman–Crippen LogP) is 6.70. The van der Waals surface area contributed by atoms with Gasteiger partial charge in [-0.2, -0.15) is 0 Å². The van der Waals surface area contributed by atoms with E-state index in [0.717, 1.165) is 24.8 Å². The van der Waals surface area contributed by atoms with Crippen molar-refractivity contribution >= 4 is 0 Å². The molecule has 1 atom stereocenters. The fourth-order valence-corrected chi connectivity index (χ4v) is 5.10. The van der Waals surface area contributed by atoms with Crippen molar-refractivity contribution < 1.29 is 4.74 Å². The van der Waals surface area contributed by atoms with Gasteiger partial charge in [0.1, 0.15) is 12.4 Å². The molecule has 0 N–H and O–H groups in total. The molecule has 1 unspecified atom stereocenters. The number of hydrogen-bond acceptors (Lipinski definition) is 3. The molecule has 1 aliphatic rings. The van der Waals surface area contributed by atoms with Crippen LogP contribution in [0, 0.1) is 5.92 Å². The molecule has 0 heterocycles. The van der Waals surface area contributed by atoms with Gasteiger partial charge in [-0.3, -0.25) is 0 Å². The Kier molecular flexibility index (Phi) is 9.39. The minimum Gasteiger partial charge on any atom is -0.489 e. The number of benzene rings is 3. The van der Waals surface area contributed by atoms with Crippen molar-refractivity contribution in [3.05, 3.63) is 89.5 Å². The molecule has 0 radical (unpaired) electrons. The van der Waals surface area contributed by atoms with Gasteiger partial charge >= 0.3 is 0 Å². The molecular formula is C32H42N2O. The van der Waals surface area contributed by atoms with Gasteiger partial charge in [0.2, 0.25) is 0 Å². The zero-order chi connectivity index (χ0) is 24.5. The molecule has 0 aromatic heterocycles. The van der Waals surface area contributed by atoms with Crippen molar-refractivity contribution in [2.75, 3.05) is 39.8 Å². The van der Waals surface area contributed by atoms with Crippen molar-refractivity contribution in [1.82, 2.24) is 9.80 Å². The third-order valence-electron chi connectivity index (χ3n) is 7.59. The van der Waals surface area contributed by atoms with Crippen molar-refractivity contribution in [2.45, 2.75) is 46.1 Å². The smallest absolute Gasteiger partial charge is 0.120 e. The highest BCUT2D eigenvalue weighted by Gasteiger charge is 2.19. The highest BCUT2D eigenvalue weighted by Crippen LogP contribution is 2.30. The van der Waals surface area contributed by atoms with Crippen LogP contribution in [0.25, 0.3) is 11.1 Å². The van der Waals surface area contributed by atoms with Crippen LogP contribution in [0.1, 0.15) is 43.4 Å². The number of hydrogen-bond donors (Lipinski definition) is 0. The summed E-state index contributed by atoms with van der Waals surface area (Å²) in [5, 5.41) is 0. The molecular weight excluding hydrogens is 428 g/mol. The first-order chi connectivity index (χ1) is 17.1. The van der Waals surface area contributed by atoms with Crippen molar-refractivity contribution in [3.63, 3.8) is 0 Å². The number of rotatable bonds is 12. The maximum atomic E-state index is 6.16. The van der Waals surface area contributed by atoms with Crippen LogP contribution in [0.4, 0.5) is 0 Å². The van der Waals surface area contributed by atoms with Crippen molar-refractivity contribution in [3.8, 4) is 16.9 Å². The van der Waals surface area contributed by atoms with Gasteiger partial charge in [0.05, 0.1) is 0 Å². The van der Waals surface area contributed by atoms with Crippen LogP contribution in [0.5, 0.6) is 5.75 Å². The third kappa shape index (κ3) is 7.43. The zero-order valence-electron chi connectivity index (χ0n) is 21.9. The topological polar surface area (TPSA) is 15.7 Å². The van der Waals surface area contributed by atoms with Gasteiger partial charge in [-0.05, 0) is 98.2 Å². The largest absolute Gasteiger partial charge is 0.489 e. The van der Waals surface area contributed by atoms with Crippen molar-refractivity contribution in [1.29, 1.82) is 0 Å². The summed E-state index contributed by atoms with van der Waals surface area (Å²) in [6.45, 7) is 11.0. The van der Waals surface area contributed by atoms with Crippen LogP contribution < -0.4 is 4.74 Å². The molecule has 0 aliphatic heterocycles. The first-order valence-corrected chi connectivity index (χ1v) is 13.4. The lowest BCUT2D eigenvalue weighted by Gasteiger charge is -2.28. The van der Waals surface area contributed by atoms with E-state index in [1.165, 1.54) is 73.1 Å². The second-order valence-electron chi connectivity index (χ2n) is 10.0. The quantitative estimate of drug-likeness (QED) is 0.293. The summed E-state index contributed by atoms with van der Waals surface area (Å²) in [5.41, 5.74) is 6.69. The maximum Gasteiger partial charge on any atom is 0.120 e. The first kappa shape index (κ1) is 25.5. The highest BCUT2D eigenvalue weighted by atomic mass is 16.5. The fourth-order valence-electron chi connectivity index (χ4n) is 5.10. The van der Waals surface area contributed by atoms with Crippen LogP contribution in [-0.4, -0.2) is 49.6 Å². The second kappa shape index (κ2) is 12.9. The molecule has 0 saturated heterocycles. The van der Waals surface area contributed by atoms with E-state index in [2.05, 4.69) is 103 Å². The summed E-state index contributed by atoms with van der Waals surface area (Å²) in [6, 6.07) is 26.0. The van der Waals surface area contributed by atoms with E-state index >= 15 is 0 Å². The minimum absolute atomic E-state index is 0.607. The Hall–Kier alpha value is -2.62. The summed E-state index contributed by atoms with van der Waals surface area (Å²) < 4.78 is 6.16. The van der Waals surface area contributed by atoms with Gasteiger partial charge in [0.15, 0.2) is 0 Å².